The Morgan fingerprint density at radius 1 is 1.00 bits per heavy atom. The molecule has 8 heteroatoms. The number of hydrogen-bond donors (Lipinski definition) is 1. The van der Waals surface area contributed by atoms with Crippen LogP contribution in [-0.2, 0) is 4.79 Å². The first kappa shape index (κ1) is 22.7. The summed E-state index contributed by atoms with van der Waals surface area (Å²) in [6, 6.07) is 11.0. The molecular weight excluding hydrogens is 402 g/mol. The fraction of sp³-hybridized carbons (Fsp3) is 0.391. The van der Waals surface area contributed by atoms with Crippen molar-refractivity contribution in [1.29, 1.82) is 0 Å². The van der Waals surface area contributed by atoms with Crippen molar-refractivity contribution in [3.63, 3.8) is 0 Å². The first-order valence-corrected chi connectivity index (χ1v) is 10.5. The Bertz CT molecular complexity index is 903. The van der Waals surface area contributed by atoms with Gasteiger partial charge in [0.25, 0.3) is 0 Å². The highest BCUT2D eigenvalue weighted by Gasteiger charge is 2.33. The Hall–Kier alpha value is -3.00. The van der Waals surface area contributed by atoms with E-state index in [2.05, 4.69) is 4.90 Å². The Morgan fingerprint density at radius 3 is 2.03 bits per heavy atom. The molecule has 1 saturated heterocycles. The van der Waals surface area contributed by atoms with Crippen molar-refractivity contribution in [3.05, 3.63) is 65.2 Å². The van der Waals surface area contributed by atoms with Crippen molar-refractivity contribution in [3.8, 4) is 0 Å². The van der Waals surface area contributed by atoms with Crippen LogP contribution in [0.25, 0.3) is 0 Å². The van der Waals surface area contributed by atoms with Crippen molar-refractivity contribution < 1.29 is 18.4 Å². The molecule has 2 amide bonds. The van der Waals surface area contributed by atoms with Gasteiger partial charge in [0.2, 0.25) is 11.8 Å². The van der Waals surface area contributed by atoms with Crippen molar-refractivity contribution in [2.75, 3.05) is 44.2 Å². The molecule has 2 aromatic rings. The van der Waals surface area contributed by atoms with Gasteiger partial charge in [0.05, 0.1) is 0 Å². The van der Waals surface area contributed by atoms with Crippen molar-refractivity contribution in [2.24, 2.45) is 5.73 Å². The molecule has 6 nitrogen and oxygen atoms in total. The number of benzene rings is 2. The highest BCUT2D eigenvalue weighted by Crippen LogP contribution is 2.29. The van der Waals surface area contributed by atoms with Gasteiger partial charge in [0.15, 0.2) is 0 Å². The fourth-order valence-electron chi connectivity index (χ4n) is 4.07. The molecule has 1 unspecified atom stereocenters. The molecule has 0 aliphatic carbocycles. The minimum absolute atomic E-state index is 0.0211. The molecule has 0 saturated carbocycles. The second-order valence-electron chi connectivity index (χ2n) is 7.50. The number of piperazine rings is 1. The van der Waals surface area contributed by atoms with Crippen LogP contribution in [0.4, 0.5) is 14.5 Å². The van der Waals surface area contributed by atoms with Crippen LogP contribution in [0.15, 0.2) is 42.5 Å². The third-order valence-corrected chi connectivity index (χ3v) is 5.72. The number of carbonyl (C=O) groups excluding carboxylic acids is 2. The largest absolute Gasteiger partial charge is 0.366 e. The first-order chi connectivity index (χ1) is 14.9. The summed E-state index contributed by atoms with van der Waals surface area (Å²) in [7, 11) is 0. The van der Waals surface area contributed by atoms with Gasteiger partial charge in [-0.2, -0.15) is 0 Å². The minimum Gasteiger partial charge on any atom is -0.366 e. The Kier molecular flexibility index (Phi) is 7.22. The number of anilines is 1. The predicted octanol–water partition coefficient (Wildman–Crippen LogP) is 2.80. The summed E-state index contributed by atoms with van der Waals surface area (Å²) in [6.45, 7) is 6.73. The number of carbonyl (C=O) groups is 2. The molecule has 0 aromatic heterocycles. The van der Waals surface area contributed by atoms with Gasteiger partial charge >= 0.3 is 0 Å². The van der Waals surface area contributed by atoms with E-state index in [0.29, 0.717) is 39.3 Å². The maximum atomic E-state index is 14.5. The number of nitrogens with two attached hydrogens (primary N) is 1. The summed E-state index contributed by atoms with van der Waals surface area (Å²) < 4.78 is 29.1. The van der Waals surface area contributed by atoms with Crippen molar-refractivity contribution in [2.45, 2.75) is 19.9 Å². The van der Waals surface area contributed by atoms with Crippen LogP contribution >= 0.6 is 0 Å². The van der Waals surface area contributed by atoms with Gasteiger partial charge < -0.3 is 15.5 Å². The van der Waals surface area contributed by atoms with E-state index in [1.54, 1.807) is 9.80 Å². The number of primary amides is 1. The van der Waals surface area contributed by atoms with E-state index in [9.17, 15) is 18.4 Å². The SMILES string of the molecule is CCN(CC)C(=O)C(c1ccccc1)N1CCN(c2c(F)cc(C(N)=O)cc2F)CC1. The number of likely N-dealkylation sites (N-methyl/N-ethyl adjacent to an activating group) is 1. The third-order valence-electron chi connectivity index (χ3n) is 5.72. The Balaban J connectivity index is 1.82. The summed E-state index contributed by atoms with van der Waals surface area (Å²) >= 11 is 0. The predicted molar refractivity (Wildman–Crippen MR) is 116 cm³/mol. The standard InChI is InChI=1S/C23H28F2N4O2/c1-3-27(4-2)23(31)20(16-8-6-5-7-9-16)28-10-12-29(13-11-28)21-18(24)14-17(22(26)30)15-19(21)25/h5-9,14-15,20H,3-4,10-13H2,1-2H3,(H2,26,30). The molecule has 2 aromatic carbocycles. The van der Waals surface area contributed by atoms with Crippen molar-refractivity contribution >= 4 is 17.5 Å². The van der Waals surface area contributed by atoms with Crippen LogP contribution in [0.5, 0.6) is 0 Å². The average Bonchev–Trinajstić information content (AvgIpc) is 2.76. The zero-order valence-corrected chi connectivity index (χ0v) is 17.9. The third kappa shape index (κ3) is 4.85. The first-order valence-electron chi connectivity index (χ1n) is 10.5. The Labute approximate surface area is 181 Å². The van der Waals surface area contributed by atoms with E-state index < -0.39 is 23.6 Å². The maximum Gasteiger partial charge on any atom is 0.248 e. The normalized spacial score (nSPS) is 15.5. The molecule has 166 valence electrons. The van der Waals surface area contributed by atoms with E-state index in [1.807, 2.05) is 44.2 Å². The molecule has 1 aliphatic rings. The molecular formula is C23H28F2N4O2. The molecule has 0 bridgehead atoms. The number of amides is 2. The second kappa shape index (κ2) is 9.87. The topological polar surface area (TPSA) is 69.9 Å². The summed E-state index contributed by atoms with van der Waals surface area (Å²) in [5.41, 5.74) is 5.66. The maximum absolute atomic E-state index is 14.5. The van der Waals surface area contributed by atoms with Crippen molar-refractivity contribution in [1.82, 2.24) is 9.80 Å². The van der Waals surface area contributed by atoms with Gasteiger partial charge in [0, 0.05) is 44.8 Å². The second-order valence-corrected chi connectivity index (χ2v) is 7.50. The summed E-state index contributed by atoms with van der Waals surface area (Å²) in [5.74, 6) is -2.50. The van der Waals surface area contributed by atoms with Crippen LogP contribution in [0.1, 0.15) is 35.8 Å². The lowest BCUT2D eigenvalue weighted by atomic mass is 10.0. The van der Waals surface area contributed by atoms with E-state index in [-0.39, 0.29) is 17.2 Å². The molecule has 31 heavy (non-hydrogen) atoms. The minimum atomic E-state index is -0.880. The van der Waals surface area contributed by atoms with Gasteiger partial charge in [-0.15, -0.1) is 0 Å². The Morgan fingerprint density at radius 2 is 1.55 bits per heavy atom. The zero-order chi connectivity index (χ0) is 22.5. The average molecular weight is 430 g/mol. The highest BCUT2D eigenvalue weighted by atomic mass is 19.1. The van der Waals surface area contributed by atoms with E-state index in [0.717, 1.165) is 17.7 Å². The van der Waals surface area contributed by atoms with Crippen LogP contribution in [0.2, 0.25) is 0 Å². The number of rotatable bonds is 7. The molecule has 3 rings (SSSR count). The molecule has 1 aliphatic heterocycles. The van der Waals surface area contributed by atoms with Gasteiger partial charge in [-0.3, -0.25) is 14.5 Å². The van der Waals surface area contributed by atoms with Crippen LogP contribution in [-0.4, -0.2) is 60.9 Å². The van der Waals surface area contributed by atoms with Gasteiger partial charge in [-0.25, -0.2) is 8.78 Å². The van der Waals surface area contributed by atoms with Gasteiger partial charge in [-0.05, 0) is 31.5 Å². The number of halogens is 2. The van der Waals surface area contributed by atoms with E-state index >= 15 is 0 Å². The lowest BCUT2D eigenvalue weighted by Crippen LogP contribution is -2.52. The fourth-order valence-corrected chi connectivity index (χ4v) is 4.07. The summed E-state index contributed by atoms with van der Waals surface area (Å²) in [5, 5.41) is 0. The number of nitrogens with zero attached hydrogens (tertiary/aromatic N) is 3. The van der Waals surface area contributed by atoms with Crippen LogP contribution in [0.3, 0.4) is 0 Å². The smallest absolute Gasteiger partial charge is 0.248 e. The molecule has 0 spiro atoms. The molecule has 2 N–H and O–H groups in total. The lowest BCUT2D eigenvalue weighted by molar-refractivity contribution is -0.137. The van der Waals surface area contributed by atoms with Crippen LogP contribution < -0.4 is 10.6 Å². The zero-order valence-electron chi connectivity index (χ0n) is 17.9. The summed E-state index contributed by atoms with van der Waals surface area (Å²) in [6.07, 6.45) is 0. The molecule has 0 radical (unpaired) electrons. The van der Waals surface area contributed by atoms with Crippen LogP contribution in [0, 0.1) is 11.6 Å². The van der Waals surface area contributed by atoms with Gasteiger partial charge in [0.1, 0.15) is 23.4 Å². The molecule has 1 atom stereocenters. The monoisotopic (exact) mass is 430 g/mol. The van der Waals surface area contributed by atoms with E-state index in [4.69, 9.17) is 5.73 Å². The van der Waals surface area contributed by atoms with Gasteiger partial charge in [-0.1, -0.05) is 30.3 Å². The lowest BCUT2D eigenvalue weighted by Gasteiger charge is -2.41. The van der Waals surface area contributed by atoms with E-state index in [1.165, 1.54) is 0 Å². The summed E-state index contributed by atoms with van der Waals surface area (Å²) in [4.78, 5) is 30.0. The quantitative estimate of drug-likeness (QED) is 0.734. The highest BCUT2D eigenvalue weighted by molar-refractivity contribution is 5.93. The molecule has 1 fully saturated rings. The molecule has 1 heterocycles. The number of hydrogen-bond acceptors (Lipinski definition) is 4.